The molecule has 1 amide bonds. The van der Waals surface area contributed by atoms with Gasteiger partial charge in [-0.2, -0.15) is 0 Å². The summed E-state index contributed by atoms with van der Waals surface area (Å²) in [4.78, 5) is 13.8. The highest BCUT2D eigenvalue weighted by atomic mass is 127. The van der Waals surface area contributed by atoms with Crippen LogP contribution in [0.1, 0.15) is 15.9 Å². The van der Waals surface area contributed by atoms with Crippen LogP contribution in [-0.2, 0) is 6.54 Å². The second-order valence-electron chi connectivity index (χ2n) is 4.05. The molecule has 0 atom stereocenters. The lowest BCUT2D eigenvalue weighted by Gasteiger charge is -2.16. The Kier molecular flexibility index (Phi) is 4.23. The number of nitrogen functional groups attached to an aromatic ring is 1. The number of hydrogen-bond donors (Lipinski definition) is 1. The molecule has 0 aliphatic heterocycles. The van der Waals surface area contributed by atoms with E-state index >= 15 is 0 Å². The molecule has 0 radical (unpaired) electrons. The van der Waals surface area contributed by atoms with E-state index in [9.17, 15) is 4.79 Å². The van der Waals surface area contributed by atoms with Crippen LogP contribution < -0.4 is 5.73 Å². The van der Waals surface area contributed by atoms with Crippen molar-refractivity contribution in [2.45, 2.75) is 6.54 Å². The molecule has 0 aliphatic rings. The van der Waals surface area contributed by atoms with Gasteiger partial charge in [0.15, 0.2) is 0 Å². The Morgan fingerprint density at radius 2 is 2.22 bits per heavy atom. The molecule has 2 rings (SSSR count). The summed E-state index contributed by atoms with van der Waals surface area (Å²) >= 11 is 3.79. The first-order valence-electron chi connectivity index (χ1n) is 5.40. The van der Waals surface area contributed by atoms with E-state index in [1.807, 2.05) is 35.7 Å². The second-order valence-corrected chi connectivity index (χ2v) is 6.85. The Morgan fingerprint density at radius 1 is 1.44 bits per heavy atom. The molecule has 0 spiro atoms. The van der Waals surface area contributed by atoms with Crippen LogP contribution >= 0.6 is 33.9 Å². The Balaban J connectivity index is 2.08. The minimum Gasteiger partial charge on any atom is -0.399 e. The maximum Gasteiger partial charge on any atom is 0.254 e. The van der Waals surface area contributed by atoms with Crippen molar-refractivity contribution >= 4 is 45.5 Å². The molecule has 1 heterocycles. The number of thiophene rings is 1. The molecule has 0 fully saturated rings. The lowest BCUT2D eigenvalue weighted by molar-refractivity contribution is 0.0785. The molecule has 0 bridgehead atoms. The van der Waals surface area contributed by atoms with Crippen LogP contribution in [0.2, 0.25) is 0 Å². The number of amides is 1. The van der Waals surface area contributed by atoms with Crippen molar-refractivity contribution < 1.29 is 4.79 Å². The molecular formula is C13H13IN2OS. The first-order valence-corrected chi connectivity index (χ1v) is 7.36. The summed E-state index contributed by atoms with van der Waals surface area (Å²) in [6.07, 6.45) is 0. The number of halogens is 1. The smallest absolute Gasteiger partial charge is 0.254 e. The molecule has 1 aromatic heterocycles. The molecule has 0 aliphatic carbocycles. The van der Waals surface area contributed by atoms with Crippen molar-refractivity contribution in [3.05, 3.63) is 49.7 Å². The average Bonchev–Trinajstić information content (AvgIpc) is 2.75. The van der Waals surface area contributed by atoms with E-state index in [-0.39, 0.29) is 5.91 Å². The summed E-state index contributed by atoms with van der Waals surface area (Å²) in [5, 5.41) is 1.89. The average molecular weight is 372 g/mol. The first-order chi connectivity index (χ1) is 8.56. The third-order valence-electron chi connectivity index (χ3n) is 2.53. The van der Waals surface area contributed by atoms with Crippen LogP contribution in [0.3, 0.4) is 0 Å². The standard InChI is InChI=1S/C13H13IN2OS/c1-16(7-9-3-2-4-11(15)5-9)13(17)10-6-12(14)18-8-10/h2-6,8H,7,15H2,1H3. The molecule has 0 saturated heterocycles. The zero-order chi connectivity index (χ0) is 13.1. The van der Waals surface area contributed by atoms with Gasteiger partial charge in [-0.3, -0.25) is 4.79 Å². The van der Waals surface area contributed by atoms with E-state index in [1.165, 1.54) is 0 Å². The lowest BCUT2D eigenvalue weighted by atomic mass is 10.2. The molecule has 5 heteroatoms. The number of anilines is 1. The van der Waals surface area contributed by atoms with Gasteiger partial charge >= 0.3 is 0 Å². The van der Waals surface area contributed by atoms with E-state index < -0.39 is 0 Å². The molecule has 2 N–H and O–H groups in total. The highest BCUT2D eigenvalue weighted by Gasteiger charge is 2.13. The van der Waals surface area contributed by atoms with Crippen LogP contribution in [-0.4, -0.2) is 17.9 Å². The van der Waals surface area contributed by atoms with Crippen molar-refractivity contribution in [3.8, 4) is 0 Å². The van der Waals surface area contributed by atoms with Crippen molar-refractivity contribution in [1.82, 2.24) is 4.90 Å². The Hall–Kier alpha value is -1.08. The SMILES string of the molecule is CN(Cc1cccc(N)c1)C(=O)c1csc(I)c1. The third-order valence-corrected chi connectivity index (χ3v) is 4.32. The summed E-state index contributed by atoms with van der Waals surface area (Å²) < 4.78 is 1.12. The van der Waals surface area contributed by atoms with Gasteiger partial charge in [0.1, 0.15) is 0 Å². The number of rotatable bonds is 3. The number of carbonyl (C=O) groups excluding carboxylic acids is 1. The fourth-order valence-corrected chi connectivity index (χ4v) is 3.00. The van der Waals surface area contributed by atoms with Crippen LogP contribution in [0.5, 0.6) is 0 Å². The fraction of sp³-hybridized carbons (Fsp3) is 0.154. The highest BCUT2D eigenvalue weighted by molar-refractivity contribution is 14.1. The quantitative estimate of drug-likeness (QED) is 0.665. The molecule has 2 aromatic rings. The summed E-state index contributed by atoms with van der Waals surface area (Å²) in [5.74, 6) is 0.0385. The van der Waals surface area contributed by atoms with Crippen LogP contribution in [0.15, 0.2) is 35.7 Å². The van der Waals surface area contributed by atoms with E-state index in [0.29, 0.717) is 6.54 Å². The van der Waals surface area contributed by atoms with Crippen molar-refractivity contribution in [2.75, 3.05) is 12.8 Å². The summed E-state index contributed by atoms with van der Waals surface area (Å²) in [7, 11) is 1.80. The molecule has 0 unspecified atom stereocenters. The van der Waals surface area contributed by atoms with Gasteiger partial charge in [0.25, 0.3) is 5.91 Å². The fourth-order valence-electron chi connectivity index (χ4n) is 1.68. The Labute approximate surface area is 124 Å². The minimum atomic E-state index is 0.0385. The highest BCUT2D eigenvalue weighted by Crippen LogP contribution is 2.18. The minimum absolute atomic E-state index is 0.0385. The van der Waals surface area contributed by atoms with Gasteiger partial charge in [0, 0.05) is 24.7 Å². The molecule has 94 valence electrons. The van der Waals surface area contributed by atoms with Gasteiger partial charge in [0.2, 0.25) is 0 Å². The molecule has 3 nitrogen and oxygen atoms in total. The molecule has 0 saturated carbocycles. The van der Waals surface area contributed by atoms with Crippen LogP contribution in [0.25, 0.3) is 0 Å². The van der Waals surface area contributed by atoms with Gasteiger partial charge in [-0.05, 0) is 46.4 Å². The second kappa shape index (κ2) is 5.71. The normalized spacial score (nSPS) is 10.3. The number of carbonyl (C=O) groups is 1. The van der Waals surface area contributed by atoms with Gasteiger partial charge in [0.05, 0.1) is 8.45 Å². The zero-order valence-electron chi connectivity index (χ0n) is 9.89. The van der Waals surface area contributed by atoms with Crippen LogP contribution in [0.4, 0.5) is 5.69 Å². The largest absolute Gasteiger partial charge is 0.399 e. The van der Waals surface area contributed by atoms with Crippen molar-refractivity contribution in [1.29, 1.82) is 0 Å². The van der Waals surface area contributed by atoms with Gasteiger partial charge in [-0.15, -0.1) is 11.3 Å². The third kappa shape index (κ3) is 3.23. The summed E-state index contributed by atoms with van der Waals surface area (Å²) in [5.41, 5.74) is 8.23. The van der Waals surface area contributed by atoms with Gasteiger partial charge in [-0.1, -0.05) is 12.1 Å². The number of nitrogens with zero attached hydrogens (tertiary/aromatic N) is 1. The van der Waals surface area contributed by atoms with E-state index in [4.69, 9.17) is 5.73 Å². The monoisotopic (exact) mass is 372 g/mol. The lowest BCUT2D eigenvalue weighted by Crippen LogP contribution is -2.25. The topological polar surface area (TPSA) is 46.3 Å². The first kappa shape index (κ1) is 13.4. The predicted octanol–water partition coefficient (Wildman–Crippen LogP) is 3.21. The molecule has 18 heavy (non-hydrogen) atoms. The number of hydrogen-bond acceptors (Lipinski definition) is 3. The summed E-state index contributed by atoms with van der Waals surface area (Å²) in [6, 6.07) is 9.51. The molecular weight excluding hydrogens is 359 g/mol. The maximum absolute atomic E-state index is 12.1. The number of nitrogens with two attached hydrogens (primary N) is 1. The molecule has 1 aromatic carbocycles. The van der Waals surface area contributed by atoms with Gasteiger partial charge in [-0.25, -0.2) is 0 Å². The van der Waals surface area contributed by atoms with Crippen LogP contribution in [0, 0.1) is 2.88 Å². The van der Waals surface area contributed by atoms with Gasteiger partial charge < -0.3 is 10.6 Å². The van der Waals surface area contributed by atoms with E-state index in [0.717, 1.165) is 19.7 Å². The van der Waals surface area contributed by atoms with E-state index in [1.54, 1.807) is 23.3 Å². The number of benzene rings is 1. The summed E-state index contributed by atoms with van der Waals surface area (Å²) in [6.45, 7) is 0.566. The maximum atomic E-state index is 12.1. The van der Waals surface area contributed by atoms with Crippen molar-refractivity contribution in [3.63, 3.8) is 0 Å². The zero-order valence-corrected chi connectivity index (χ0v) is 12.9. The van der Waals surface area contributed by atoms with E-state index in [2.05, 4.69) is 22.6 Å². The predicted molar refractivity (Wildman–Crippen MR) is 83.7 cm³/mol. The van der Waals surface area contributed by atoms with Crippen molar-refractivity contribution in [2.24, 2.45) is 0 Å². The Morgan fingerprint density at radius 3 is 2.83 bits per heavy atom. The Bertz CT molecular complexity index is 568.